The van der Waals surface area contributed by atoms with E-state index in [1.54, 1.807) is 6.20 Å². The second-order valence-electron chi connectivity index (χ2n) is 3.34. The summed E-state index contributed by atoms with van der Waals surface area (Å²) in [5, 5.41) is 0. The van der Waals surface area contributed by atoms with Gasteiger partial charge >= 0.3 is 0 Å². The average Bonchev–Trinajstić information content (AvgIpc) is 2.46. The number of hydrogen-bond donors (Lipinski definition) is 0. The van der Waals surface area contributed by atoms with Crippen LogP contribution in [0.4, 0.5) is 0 Å². The maximum Gasteiger partial charge on any atom is 0.177 e. The molecule has 3 rings (SSSR count). The van der Waals surface area contributed by atoms with Crippen LogP contribution in [0.5, 0.6) is 0 Å². The van der Waals surface area contributed by atoms with Crippen molar-refractivity contribution in [2.24, 2.45) is 0 Å². The van der Waals surface area contributed by atoms with E-state index in [4.69, 9.17) is 4.74 Å². The van der Waals surface area contributed by atoms with Gasteiger partial charge in [0.15, 0.2) is 5.65 Å². The molecule has 5 heteroatoms. The summed E-state index contributed by atoms with van der Waals surface area (Å²) in [6.45, 7) is 1.55. The van der Waals surface area contributed by atoms with E-state index >= 15 is 0 Å². The summed E-state index contributed by atoms with van der Waals surface area (Å²) in [6.07, 6.45) is 3.59. The molecule has 72 valence electrons. The molecule has 0 atom stereocenters. The Kier molecular flexibility index (Phi) is 1.81. The monoisotopic (exact) mass is 253 g/mol. The number of pyridine rings is 1. The minimum atomic E-state index is 0.427. The summed E-state index contributed by atoms with van der Waals surface area (Å²) < 4.78 is 8.26. The van der Waals surface area contributed by atoms with Crippen molar-refractivity contribution < 1.29 is 4.74 Å². The molecule has 0 aromatic carbocycles. The van der Waals surface area contributed by atoms with Gasteiger partial charge in [-0.15, -0.1) is 0 Å². The second-order valence-corrected chi connectivity index (χ2v) is 4.26. The van der Waals surface area contributed by atoms with Gasteiger partial charge in [-0.25, -0.2) is 9.97 Å². The average molecular weight is 254 g/mol. The number of hydrogen-bond acceptors (Lipinski definition) is 3. The summed E-state index contributed by atoms with van der Waals surface area (Å²) in [5.74, 6) is 0. The van der Waals surface area contributed by atoms with E-state index in [0.29, 0.717) is 6.04 Å². The molecule has 0 spiro atoms. The molecule has 0 unspecified atom stereocenters. The normalized spacial score (nSPS) is 17.2. The zero-order valence-corrected chi connectivity index (χ0v) is 8.94. The van der Waals surface area contributed by atoms with Crippen molar-refractivity contribution in [1.29, 1.82) is 0 Å². The van der Waals surface area contributed by atoms with Gasteiger partial charge in [0, 0.05) is 10.7 Å². The first-order chi connectivity index (χ1) is 6.84. The quantitative estimate of drug-likeness (QED) is 0.778. The maximum atomic E-state index is 5.16. The number of imidazole rings is 1. The Labute approximate surface area is 89.0 Å². The van der Waals surface area contributed by atoms with Crippen molar-refractivity contribution in [1.82, 2.24) is 14.5 Å². The minimum absolute atomic E-state index is 0.427. The van der Waals surface area contributed by atoms with Crippen LogP contribution >= 0.6 is 15.9 Å². The summed E-state index contributed by atoms with van der Waals surface area (Å²) >= 11 is 3.41. The van der Waals surface area contributed by atoms with Gasteiger partial charge in [-0.2, -0.15) is 0 Å². The van der Waals surface area contributed by atoms with E-state index in [9.17, 15) is 0 Å². The van der Waals surface area contributed by atoms with Crippen molar-refractivity contribution in [2.45, 2.75) is 6.04 Å². The van der Waals surface area contributed by atoms with Crippen molar-refractivity contribution in [2.75, 3.05) is 13.2 Å². The Morgan fingerprint density at radius 3 is 3.00 bits per heavy atom. The van der Waals surface area contributed by atoms with Crippen LogP contribution in [0.3, 0.4) is 0 Å². The van der Waals surface area contributed by atoms with Gasteiger partial charge in [-0.3, -0.25) is 0 Å². The highest BCUT2D eigenvalue weighted by Gasteiger charge is 2.22. The Bertz CT molecular complexity index is 478. The summed E-state index contributed by atoms with van der Waals surface area (Å²) in [5.41, 5.74) is 1.85. The summed E-state index contributed by atoms with van der Waals surface area (Å²) in [6, 6.07) is 2.46. The molecule has 0 radical (unpaired) electrons. The molecule has 14 heavy (non-hydrogen) atoms. The summed E-state index contributed by atoms with van der Waals surface area (Å²) in [7, 11) is 0. The van der Waals surface area contributed by atoms with E-state index in [1.165, 1.54) is 0 Å². The number of rotatable bonds is 1. The van der Waals surface area contributed by atoms with Crippen molar-refractivity contribution in [3.63, 3.8) is 0 Å². The number of fused-ring (bicyclic) bond motifs is 1. The molecule has 0 aliphatic carbocycles. The molecule has 1 fully saturated rings. The van der Waals surface area contributed by atoms with E-state index in [0.717, 1.165) is 28.9 Å². The van der Waals surface area contributed by atoms with E-state index in [1.807, 2.05) is 12.4 Å². The van der Waals surface area contributed by atoms with Crippen LogP contribution in [-0.2, 0) is 4.74 Å². The third-order valence-electron chi connectivity index (χ3n) is 2.41. The lowest BCUT2D eigenvalue weighted by Gasteiger charge is -2.27. The Hall–Kier alpha value is -0.940. The highest BCUT2D eigenvalue weighted by atomic mass is 79.9. The topological polar surface area (TPSA) is 39.9 Å². The highest BCUT2D eigenvalue weighted by Crippen LogP contribution is 2.23. The Balaban J connectivity index is 2.18. The molecule has 1 aliphatic heterocycles. The molecule has 4 nitrogen and oxygen atoms in total. The lowest BCUT2D eigenvalue weighted by atomic mass is 10.2. The molecule has 3 heterocycles. The molecule has 0 N–H and O–H groups in total. The van der Waals surface area contributed by atoms with Gasteiger partial charge in [0.2, 0.25) is 0 Å². The van der Waals surface area contributed by atoms with Crippen LogP contribution in [-0.4, -0.2) is 27.7 Å². The highest BCUT2D eigenvalue weighted by molar-refractivity contribution is 9.10. The number of halogens is 1. The fourth-order valence-corrected chi connectivity index (χ4v) is 1.88. The fourth-order valence-electron chi connectivity index (χ4n) is 1.56. The third kappa shape index (κ3) is 1.16. The van der Waals surface area contributed by atoms with Gasteiger partial charge in [0.1, 0.15) is 0 Å². The zero-order chi connectivity index (χ0) is 9.54. The van der Waals surface area contributed by atoms with Crippen LogP contribution in [0.2, 0.25) is 0 Å². The molecule has 0 saturated carbocycles. The number of ether oxygens (including phenoxy) is 1. The standard InChI is InChI=1S/C9H8BrN3O/c10-6-1-8-9(11-2-6)12-5-13(8)7-3-14-4-7/h1-2,5,7H,3-4H2. The van der Waals surface area contributed by atoms with E-state index in [2.05, 4.69) is 30.5 Å². The van der Waals surface area contributed by atoms with Crippen molar-refractivity contribution in [3.8, 4) is 0 Å². The van der Waals surface area contributed by atoms with Crippen LogP contribution in [0.25, 0.3) is 11.2 Å². The summed E-state index contributed by atoms with van der Waals surface area (Å²) in [4.78, 5) is 8.46. The van der Waals surface area contributed by atoms with Crippen molar-refractivity contribution >= 4 is 27.1 Å². The lowest BCUT2D eigenvalue weighted by Crippen LogP contribution is -2.30. The van der Waals surface area contributed by atoms with E-state index in [-0.39, 0.29) is 0 Å². The number of aromatic nitrogens is 3. The predicted molar refractivity (Wildman–Crippen MR) is 55.1 cm³/mol. The van der Waals surface area contributed by atoms with Crippen LogP contribution in [0.15, 0.2) is 23.1 Å². The van der Waals surface area contributed by atoms with Crippen molar-refractivity contribution in [3.05, 3.63) is 23.1 Å². The second kappa shape index (κ2) is 3.03. The first-order valence-corrected chi connectivity index (χ1v) is 5.20. The Morgan fingerprint density at radius 2 is 2.29 bits per heavy atom. The van der Waals surface area contributed by atoms with Gasteiger partial charge in [-0.1, -0.05) is 0 Å². The molecule has 1 aliphatic rings. The molecular formula is C9H8BrN3O. The SMILES string of the molecule is Brc1cnc2ncn(C3COC3)c2c1. The lowest BCUT2D eigenvalue weighted by molar-refractivity contribution is -0.0216. The third-order valence-corrected chi connectivity index (χ3v) is 2.84. The molecule has 0 bridgehead atoms. The molecular weight excluding hydrogens is 246 g/mol. The Morgan fingerprint density at radius 1 is 1.43 bits per heavy atom. The number of nitrogens with zero attached hydrogens (tertiary/aromatic N) is 3. The van der Waals surface area contributed by atoms with Crippen LogP contribution in [0, 0.1) is 0 Å². The van der Waals surface area contributed by atoms with Gasteiger partial charge in [-0.05, 0) is 22.0 Å². The molecule has 2 aromatic heterocycles. The van der Waals surface area contributed by atoms with Crippen LogP contribution < -0.4 is 0 Å². The zero-order valence-electron chi connectivity index (χ0n) is 7.35. The molecule has 1 saturated heterocycles. The van der Waals surface area contributed by atoms with Gasteiger partial charge in [0.05, 0.1) is 31.1 Å². The predicted octanol–water partition coefficient (Wildman–Crippen LogP) is 1.77. The first kappa shape index (κ1) is 8.38. The largest absolute Gasteiger partial charge is 0.377 e. The first-order valence-electron chi connectivity index (χ1n) is 4.40. The van der Waals surface area contributed by atoms with Crippen LogP contribution in [0.1, 0.15) is 6.04 Å². The van der Waals surface area contributed by atoms with E-state index < -0.39 is 0 Å². The maximum absolute atomic E-state index is 5.16. The fraction of sp³-hybridized carbons (Fsp3) is 0.333. The smallest absolute Gasteiger partial charge is 0.177 e. The molecule has 2 aromatic rings. The molecule has 0 amide bonds. The minimum Gasteiger partial charge on any atom is -0.377 e. The van der Waals surface area contributed by atoms with Gasteiger partial charge in [0.25, 0.3) is 0 Å². The van der Waals surface area contributed by atoms with Gasteiger partial charge < -0.3 is 9.30 Å².